The second-order valence-corrected chi connectivity index (χ2v) is 7.71. The Kier molecular flexibility index (Phi) is 5.59. The van der Waals surface area contributed by atoms with Crippen molar-refractivity contribution in [1.82, 2.24) is 4.90 Å². The number of likely N-dealkylation sites (tertiary alicyclic amines) is 1. The van der Waals surface area contributed by atoms with Gasteiger partial charge in [0.15, 0.2) is 9.84 Å². The number of nitrogens with zero attached hydrogens (tertiary/aromatic N) is 1. The molecule has 2 atom stereocenters. The van der Waals surface area contributed by atoms with Gasteiger partial charge in [-0.2, -0.15) is 0 Å². The van der Waals surface area contributed by atoms with E-state index in [1.54, 1.807) is 11.8 Å². The lowest BCUT2D eigenvalue weighted by atomic mass is 10.2. The lowest BCUT2D eigenvalue weighted by Gasteiger charge is -2.25. The number of amides is 1. The van der Waals surface area contributed by atoms with Gasteiger partial charge >= 0.3 is 0 Å². The Balaban J connectivity index is 2.76. The summed E-state index contributed by atoms with van der Waals surface area (Å²) in [5.74, 6) is -0.266. The summed E-state index contributed by atoms with van der Waals surface area (Å²) in [6.07, 6.45) is 4.16. The summed E-state index contributed by atoms with van der Waals surface area (Å²) in [7, 11) is -3.47. The minimum Gasteiger partial charge on any atom is -0.342 e. The smallest absolute Gasteiger partial charge is 0.240 e. The normalized spacial score (nSPS) is 21.2. The van der Waals surface area contributed by atoms with Crippen LogP contribution >= 0.6 is 0 Å². The van der Waals surface area contributed by atoms with E-state index in [0.717, 1.165) is 25.7 Å². The zero-order valence-electron chi connectivity index (χ0n) is 11.3. The Morgan fingerprint density at radius 2 is 1.67 bits per heavy atom. The Morgan fingerprint density at radius 3 is 2.11 bits per heavy atom. The van der Waals surface area contributed by atoms with Crippen molar-refractivity contribution in [3.8, 4) is 0 Å². The zero-order chi connectivity index (χ0) is 13.8. The summed E-state index contributed by atoms with van der Waals surface area (Å²) in [4.78, 5) is 13.9. The van der Waals surface area contributed by atoms with Crippen LogP contribution in [0.1, 0.15) is 39.5 Å². The van der Waals surface area contributed by atoms with Crippen LogP contribution in [0.3, 0.4) is 0 Å². The predicted molar refractivity (Wildman–Crippen MR) is 71.9 cm³/mol. The highest BCUT2D eigenvalue weighted by atomic mass is 32.2. The molecule has 2 N–H and O–H groups in total. The molecule has 0 aromatic carbocycles. The largest absolute Gasteiger partial charge is 0.342 e. The van der Waals surface area contributed by atoms with E-state index in [9.17, 15) is 13.2 Å². The van der Waals surface area contributed by atoms with Crippen molar-refractivity contribution < 1.29 is 13.2 Å². The first-order chi connectivity index (χ1) is 8.41. The van der Waals surface area contributed by atoms with Crippen molar-refractivity contribution in [1.29, 1.82) is 0 Å². The van der Waals surface area contributed by atoms with E-state index in [2.05, 4.69) is 0 Å². The first kappa shape index (κ1) is 15.4. The number of hydrogen-bond donors (Lipinski definition) is 1. The molecule has 1 fully saturated rings. The molecule has 6 heteroatoms. The average Bonchev–Trinajstić information content (AvgIpc) is 2.64. The summed E-state index contributed by atoms with van der Waals surface area (Å²) in [5, 5.41) is -1.64. The lowest BCUT2D eigenvalue weighted by molar-refractivity contribution is -0.130. The van der Waals surface area contributed by atoms with E-state index in [1.165, 1.54) is 6.92 Å². The Labute approximate surface area is 110 Å². The minimum atomic E-state index is -3.47. The summed E-state index contributed by atoms with van der Waals surface area (Å²) >= 11 is 0. The molecular weight excluding hydrogens is 252 g/mol. The fourth-order valence-electron chi connectivity index (χ4n) is 2.17. The molecule has 0 saturated carbocycles. The number of carbonyl (C=O) groups is 1. The molecule has 18 heavy (non-hydrogen) atoms. The van der Waals surface area contributed by atoms with Crippen LogP contribution in [-0.2, 0) is 14.6 Å². The molecule has 0 bridgehead atoms. The first-order valence-corrected chi connectivity index (χ1v) is 8.23. The Bertz CT molecular complexity index is 373. The fourth-order valence-corrected chi connectivity index (χ4v) is 3.57. The average molecular weight is 276 g/mol. The van der Waals surface area contributed by atoms with Gasteiger partial charge in [0.2, 0.25) is 5.91 Å². The Morgan fingerprint density at radius 1 is 1.17 bits per heavy atom. The molecule has 0 spiro atoms. The van der Waals surface area contributed by atoms with E-state index in [4.69, 9.17) is 5.73 Å². The van der Waals surface area contributed by atoms with Crippen molar-refractivity contribution in [2.45, 2.75) is 50.0 Å². The second-order valence-electron chi connectivity index (χ2n) is 5.02. The lowest BCUT2D eigenvalue weighted by Crippen LogP contribution is -2.45. The number of hydrogen-bond acceptors (Lipinski definition) is 4. The predicted octanol–water partition coefficient (Wildman–Crippen LogP) is 0.540. The number of sulfone groups is 1. The van der Waals surface area contributed by atoms with Gasteiger partial charge in [0, 0.05) is 19.6 Å². The van der Waals surface area contributed by atoms with Gasteiger partial charge in [0.1, 0.15) is 5.25 Å². The summed E-state index contributed by atoms with van der Waals surface area (Å²) in [5.41, 5.74) is 5.40. The highest BCUT2D eigenvalue weighted by molar-refractivity contribution is 7.93. The van der Waals surface area contributed by atoms with Crippen LogP contribution in [0.25, 0.3) is 0 Å². The fraction of sp³-hybridized carbons (Fsp3) is 0.917. The van der Waals surface area contributed by atoms with Gasteiger partial charge < -0.3 is 10.6 Å². The summed E-state index contributed by atoms with van der Waals surface area (Å²) in [6.45, 7) is 4.45. The van der Waals surface area contributed by atoms with Crippen molar-refractivity contribution >= 4 is 15.7 Å². The van der Waals surface area contributed by atoms with Gasteiger partial charge in [0.25, 0.3) is 0 Å². The third-order valence-corrected chi connectivity index (χ3v) is 6.15. The van der Waals surface area contributed by atoms with Crippen LogP contribution in [0.5, 0.6) is 0 Å². The third kappa shape index (κ3) is 3.45. The molecule has 0 aliphatic carbocycles. The highest BCUT2D eigenvalue weighted by Gasteiger charge is 2.34. The van der Waals surface area contributed by atoms with E-state index in [-0.39, 0.29) is 12.5 Å². The molecule has 1 rings (SSSR count). The molecule has 1 heterocycles. The van der Waals surface area contributed by atoms with Crippen LogP contribution in [0, 0.1) is 0 Å². The van der Waals surface area contributed by atoms with Crippen LogP contribution in [0.2, 0.25) is 0 Å². The standard InChI is InChI=1S/C12H24N2O3S/c1-10(9-13)18(16,17)11(2)12(15)14-7-5-3-4-6-8-14/h10-11H,3-9,13H2,1-2H3. The molecule has 1 aliphatic rings. The van der Waals surface area contributed by atoms with Gasteiger partial charge in [-0.15, -0.1) is 0 Å². The maximum absolute atomic E-state index is 12.2. The van der Waals surface area contributed by atoms with E-state index < -0.39 is 20.3 Å². The van der Waals surface area contributed by atoms with Gasteiger partial charge in [-0.1, -0.05) is 12.8 Å². The summed E-state index contributed by atoms with van der Waals surface area (Å²) in [6, 6.07) is 0. The van der Waals surface area contributed by atoms with Crippen molar-refractivity contribution in [3.63, 3.8) is 0 Å². The molecule has 0 radical (unpaired) electrons. The number of rotatable bonds is 4. The van der Waals surface area contributed by atoms with Crippen LogP contribution in [0.15, 0.2) is 0 Å². The third-order valence-electron chi connectivity index (χ3n) is 3.65. The van der Waals surface area contributed by atoms with Crippen molar-refractivity contribution in [2.24, 2.45) is 5.73 Å². The van der Waals surface area contributed by atoms with E-state index in [0.29, 0.717) is 13.1 Å². The second kappa shape index (κ2) is 6.52. The van der Waals surface area contributed by atoms with E-state index >= 15 is 0 Å². The van der Waals surface area contributed by atoms with Gasteiger partial charge in [-0.3, -0.25) is 4.79 Å². The maximum Gasteiger partial charge on any atom is 0.240 e. The molecular formula is C12H24N2O3S. The molecule has 1 amide bonds. The molecule has 5 nitrogen and oxygen atoms in total. The van der Waals surface area contributed by atoms with Crippen molar-refractivity contribution in [2.75, 3.05) is 19.6 Å². The van der Waals surface area contributed by atoms with Crippen molar-refractivity contribution in [3.05, 3.63) is 0 Å². The molecule has 0 aromatic rings. The number of nitrogens with two attached hydrogens (primary N) is 1. The highest BCUT2D eigenvalue weighted by Crippen LogP contribution is 2.15. The van der Waals surface area contributed by atoms with E-state index in [1.807, 2.05) is 0 Å². The van der Waals surface area contributed by atoms with Gasteiger partial charge in [0.05, 0.1) is 5.25 Å². The maximum atomic E-state index is 12.2. The zero-order valence-corrected chi connectivity index (χ0v) is 12.1. The van der Waals surface area contributed by atoms with Crippen LogP contribution in [0.4, 0.5) is 0 Å². The summed E-state index contributed by atoms with van der Waals surface area (Å²) < 4.78 is 24.2. The molecule has 1 aliphatic heterocycles. The molecule has 1 saturated heterocycles. The molecule has 106 valence electrons. The quantitative estimate of drug-likeness (QED) is 0.812. The van der Waals surface area contributed by atoms with Crippen LogP contribution < -0.4 is 5.73 Å². The van der Waals surface area contributed by atoms with Gasteiger partial charge in [-0.25, -0.2) is 8.42 Å². The monoisotopic (exact) mass is 276 g/mol. The Hall–Kier alpha value is -0.620. The first-order valence-electron chi connectivity index (χ1n) is 6.62. The topological polar surface area (TPSA) is 80.5 Å². The SMILES string of the molecule is CC(CN)S(=O)(=O)C(C)C(=O)N1CCCCCC1. The molecule has 2 unspecified atom stereocenters. The molecule has 0 aromatic heterocycles. The number of carbonyl (C=O) groups excluding carboxylic acids is 1. The van der Waals surface area contributed by atoms with Gasteiger partial charge in [-0.05, 0) is 26.7 Å². The minimum absolute atomic E-state index is 0.0555. The van der Waals surface area contributed by atoms with Crippen LogP contribution in [-0.4, -0.2) is 49.4 Å².